The second kappa shape index (κ2) is 14.0. The van der Waals surface area contributed by atoms with Gasteiger partial charge in [-0.3, -0.25) is 21.5 Å². The van der Waals surface area contributed by atoms with E-state index in [4.69, 9.17) is 10.6 Å². The molecular formula is C23H28N8O3. The van der Waals surface area contributed by atoms with E-state index in [2.05, 4.69) is 26.9 Å². The molecule has 178 valence electrons. The number of carbonyl (C=O) groups is 2. The van der Waals surface area contributed by atoms with Gasteiger partial charge in [-0.05, 0) is 74.6 Å². The monoisotopic (exact) mass is 464 g/mol. The minimum atomic E-state index is -0.304. The van der Waals surface area contributed by atoms with Gasteiger partial charge in [0.1, 0.15) is 0 Å². The number of nitrogens with zero attached hydrogens (tertiary/aromatic N) is 4. The van der Waals surface area contributed by atoms with Gasteiger partial charge >= 0.3 is 5.97 Å². The van der Waals surface area contributed by atoms with Crippen LogP contribution in [0, 0.1) is 0 Å². The average molecular weight is 465 g/mol. The zero-order valence-corrected chi connectivity index (χ0v) is 19.0. The van der Waals surface area contributed by atoms with Gasteiger partial charge in [0.15, 0.2) is 0 Å². The maximum absolute atomic E-state index is 11.4. The van der Waals surface area contributed by atoms with Crippen LogP contribution in [0.1, 0.15) is 27.6 Å². The molecule has 0 aliphatic carbocycles. The number of benzene rings is 2. The maximum atomic E-state index is 11.4. The van der Waals surface area contributed by atoms with Crippen LogP contribution in [-0.4, -0.2) is 45.1 Å². The minimum absolute atomic E-state index is 0.297. The van der Waals surface area contributed by atoms with E-state index in [-0.39, 0.29) is 11.9 Å². The Morgan fingerprint density at radius 3 is 1.65 bits per heavy atom. The van der Waals surface area contributed by atoms with Gasteiger partial charge in [0.05, 0.1) is 23.5 Å². The number of rotatable bonds is 5. The number of amides is 1. The molecule has 2 aromatic carbocycles. The number of ether oxygens (including phenoxy) is 1. The van der Waals surface area contributed by atoms with Gasteiger partial charge in [-0.15, -0.1) is 0 Å². The number of hydrazine groups is 2. The molecule has 4 rings (SSSR count). The Kier molecular flexibility index (Phi) is 10.6. The minimum Gasteiger partial charge on any atom is -0.462 e. The van der Waals surface area contributed by atoms with E-state index < -0.39 is 0 Å². The van der Waals surface area contributed by atoms with E-state index in [1.807, 2.05) is 36.7 Å². The van der Waals surface area contributed by atoms with Crippen LogP contribution < -0.4 is 22.5 Å². The molecule has 2 aromatic heterocycles. The number of hydrogen-bond acceptors (Lipinski definition) is 8. The Hall–Kier alpha value is -4.32. The van der Waals surface area contributed by atoms with Gasteiger partial charge in [-0.25, -0.2) is 20.0 Å². The van der Waals surface area contributed by atoms with E-state index >= 15 is 0 Å². The molecule has 0 radical (unpaired) electrons. The number of esters is 1. The number of carbonyl (C=O) groups excluding carboxylic acids is 2. The quantitative estimate of drug-likeness (QED) is 0.150. The number of nitrogens with one attached hydrogen (secondary N) is 2. The van der Waals surface area contributed by atoms with Crippen molar-refractivity contribution in [3.05, 3.63) is 96.6 Å². The Labute approximate surface area is 197 Å². The lowest BCUT2D eigenvalue weighted by Gasteiger charge is -2.03. The van der Waals surface area contributed by atoms with E-state index in [1.165, 1.54) is 0 Å². The number of nitrogens with two attached hydrogens (primary N) is 2. The van der Waals surface area contributed by atoms with Crippen LogP contribution in [0.3, 0.4) is 0 Å². The zero-order valence-electron chi connectivity index (χ0n) is 19.0. The van der Waals surface area contributed by atoms with Crippen molar-refractivity contribution in [2.24, 2.45) is 11.7 Å². The van der Waals surface area contributed by atoms with E-state index in [9.17, 15) is 9.59 Å². The van der Waals surface area contributed by atoms with Crippen LogP contribution in [0.2, 0.25) is 0 Å². The van der Waals surface area contributed by atoms with Crippen LogP contribution >= 0.6 is 0 Å². The summed E-state index contributed by atoms with van der Waals surface area (Å²) in [4.78, 5) is 22.6. The van der Waals surface area contributed by atoms with Gasteiger partial charge in [0, 0.05) is 30.4 Å². The molecule has 4 aromatic rings. The average Bonchev–Trinajstić information content (AvgIpc) is 3.60. The molecule has 0 unspecified atom stereocenters. The van der Waals surface area contributed by atoms with Gasteiger partial charge < -0.3 is 4.74 Å². The topological polar surface area (TPSA) is 155 Å². The fourth-order valence-electron chi connectivity index (χ4n) is 2.66. The van der Waals surface area contributed by atoms with Crippen molar-refractivity contribution < 1.29 is 14.3 Å². The van der Waals surface area contributed by atoms with Gasteiger partial charge in [0.25, 0.3) is 5.91 Å². The molecular weight excluding hydrogens is 436 g/mol. The lowest BCUT2D eigenvalue weighted by Crippen LogP contribution is -2.29. The normalized spacial score (nSPS) is 9.65. The summed E-state index contributed by atoms with van der Waals surface area (Å²) < 4.78 is 8.34. The zero-order chi connectivity index (χ0) is 24.8. The molecule has 2 heterocycles. The lowest BCUT2D eigenvalue weighted by atomic mass is 10.2. The largest absolute Gasteiger partial charge is 0.462 e. The third kappa shape index (κ3) is 7.67. The van der Waals surface area contributed by atoms with Crippen LogP contribution in [-0.2, 0) is 4.74 Å². The first-order valence-corrected chi connectivity index (χ1v) is 10.3. The third-order valence-corrected chi connectivity index (χ3v) is 4.18. The van der Waals surface area contributed by atoms with Crippen LogP contribution in [0.15, 0.2) is 85.5 Å². The Morgan fingerprint density at radius 1 is 0.853 bits per heavy atom. The maximum Gasteiger partial charge on any atom is 0.338 e. The summed E-state index contributed by atoms with van der Waals surface area (Å²) >= 11 is 0. The van der Waals surface area contributed by atoms with Crippen LogP contribution in [0.4, 0.5) is 0 Å². The fraction of sp³-hybridized carbons (Fsp3) is 0.130. The Morgan fingerprint density at radius 2 is 1.29 bits per heavy atom. The standard InChI is InChI=1S/C12H12N2O2.C10H10N4O.CH6N2/c1-2-16-12(15)10-4-6-11(7-5-10)14-9-3-8-13-14;11-13-10(15)8-2-4-9(5-3-8)14-7-1-6-12-14;1-3-2/h3-9H,2H2,1H3;1-7H,11H2,(H,13,15);3H,2H2,1H3. The predicted molar refractivity (Wildman–Crippen MR) is 128 cm³/mol. The molecule has 0 saturated carbocycles. The summed E-state index contributed by atoms with van der Waals surface area (Å²) in [6, 6.07) is 17.8. The van der Waals surface area contributed by atoms with Gasteiger partial charge in [-0.1, -0.05) is 0 Å². The van der Waals surface area contributed by atoms with E-state index in [0.29, 0.717) is 17.7 Å². The van der Waals surface area contributed by atoms with Gasteiger partial charge in [-0.2, -0.15) is 10.2 Å². The molecule has 0 spiro atoms. The smallest absolute Gasteiger partial charge is 0.338 e. The summed E-state index contributed by atoms with van der Waals surface area (Å²) in [7, 11) is 1.65. The molecule has 6 N–H and O–H groups in total. The highest BCUT2D eigenvalue weighted by atomic mass is 16.5. The van der Waals surface area contributed by atoms with E-state index in [1.54, 1.807) is 72.1 Å². The van der Waals surface area contributed by atoms with Gasteiger partial charge in [0.2, 0.25) is 0 Å². The first-order valence-electron chi connectivity index (χ1n) is 10.3. The van der Waals surface area contributed by atoms with Crippen molar-refractivity contribution in [2.45, 2.75) is 6.92 Å². The SMILES string of the molecule is CCOC(=O)c1ccc(-n2cccn2)cc1.CNN.NNC(=O)c1ccc(-n2cccn2)cc1. The molecule has 0 bridgehead atoms. The molecule has 0 aliphatic rings. The molecule has 34 heavy (non-hydrogen) atoms. The first kappa shape index (κ1) is 25.9. The number of hydrogen-bond donors (Lipinski definition) is 4. The fourth-order valence-corrected chi connectivity index (χ4v) is 2.66. The lowest BCUT2D eigenvalue weighted by molar-refractivity contribution is 0.0526. The summed E-state index contributed by atoms with van der Waals surface area (Å²) in [5.74, 6) is 9.02. The third-order valence-electron chi connectivity index (χ3n) is 4.18. The molecule has 0 fully saturated rings. The van der Waals surface area contributed by atoms with Crippen molar-refractivity contribution in [1.29, 1.82) is 0 Å². The Bertz CT molecular complexity index is 1110. The van der Waals surface area contributed by atoms with Crippen molar-refractivity contribution in [1.82, 2.24) is 30.4 Å². The summed E-state index contributed by atoms with van der Waals surface area (Å²) in [6.45, 7) is 2.18. The second-order valence-electron chi connectivity index (χ2n) is 6.48. The number of aromatic nitrogens is 4. The summed E-state index contributed by atoms with van der Waals surface area (Å²) in [5.41, 5.74) is 7.21. The molecule has 11 heteroatoms. The highest BCUT2D eigenvalue weighted by Crippen LogP contribution is 2.10. The number of nitrogen functional groups attached to an aromatic ring is 1. The molecule has 1 amide bonds. The summed E-state index contributed by atoms with van der Waals surface area (Å²) in [6.07, 6.45) is 7.08. The Balaban J connectivity index is 0.000000216. The molecule has 0 aliphatic heterocycles. The summed E-state index contributed by atoms with van der Waals surface area (Å²) in [5, 5.41) is 8.17. The molecule has 11 nitrogen and oxygen atoms in total. The first-order chi connectivity index (χ1) is 16.5. The van der Waals surface area contributed by atoms with Crippen LogP contribution in [0.25, 0.3) is 11.4 Å². The van der Waals surface area contributed by atoms with E-state index in [0.717, 1.165) is 11.4 Å². The van der Waals surface area contributed by atoms with Crippen molar-refractivity contribution in [3.8, 4) is 11.4 Å². The van der Waals surface area contributed by atoms with Crippen molar-refractivity contribution in [3.63, 3.8) is 0 Å². The highest BCUT2D eigenvalue weighted by Gasteiger charge is 2.06. The van der Waals surface area contributed by atoms with Crippen molar-refractivity contribution in [2.75, 3.05) is 13.7 Å². The second-order valence-corrected chi connectivity index (χ2v) is 6.48. The highest BCUT2D eigenvalue weighted by molar-refractivity contribution is 5.93. The van der Waals surface area contributed by atoms with Crippen LogP contribution in [0.5, 0.6) is 0 Å². The van der Waals surface area contributed by atoms with Crippen molar-refractivity contribution >= 4 is 11.9 Å². The predicted octanol–water partition coefficient (Wildman–Crippen LogP) is 1.60. The molecule has 0 saturated heterocycles. The molecule has 0 atom stereocenters.